The third kappa shape index (κ3) is 2.57. The van der Waals surface area contributed by atoms with E-state index in [1.54, 1.807) is 0 Å². The molecule has 6 heteroatoms. The first-order chi connectivity index (χ1) is 9.92. The molecule has 1 amide bonds. The standard InChI is InChI=1S/C15H19FN2O3/c1-2-6-15(14(20)21)7-3-8-18(15)13(19)10-4-5-12(17)11(16)9-10/h4-5,9H,2-3,6-8,17H2,1H3,(H,20,21). The Morgan fingerprint density at radius 2 is 2.19 bits per heavy atom. The number of hydrogen-bond donors (Lipinski definition) is 2. The molecule has 2 rings (SSSR count). The number of rotatable bonds is 4. The number of carboxylic acids is 1. The molecule has 21 heavy (non-hydrogen) atoms. The smallest absolute Gasteiger partial charge is 0.329 e. The van der Waals surface area contributed by atoms with Gasteiger partial charge in [-0.05, 0) is 37.5 Å². The minimum Gasteiger partial charge on any atom is -0.479 e. The Kier molecular flexibility index (Phi) is 4.16. The van der Waals surface area contributed by atoms with E-state index in [0.29, 0.717) is 32.2 Å². The largest absolute Gasteiger partial charge is 0.479 e. The number of carboxylic acid groups (broad SMARTS) is 1. The molecule has 1 atom stereocenters. The number of carbonyl (C=O) groups is 2. The summed E-state index contributed by atoms with van der Waals surface area (Å²) in [5, 5.41) is 9.57. The zero-order chi connectivity index (χ0) is 15.6. The van der Waals surface area contributed by atoms with Crippen LogP contribution in [0.2, 0.25) is 0 Å². The van der Waals surface area contributed by atoms with E-state index in [0.717, 1.165) is 6.07 Å². The topological polar surface area (TPSA) is 83.6 Å². The summed E-state index contributed by atoms with van der Waals surface area (Å²) < 4.78 is 13.5. The van der Waals surface area contributed by atoms with Crippen LogP contribution in [0.5, 0.6) is 0 Å². The van der Waals surface area contributed by atoms with E-state index in [1.165, 1.54) is 17.0 Å². The monoisotopic (exact) mass is 294 g/mol. The van der Waals surface area contributed by atoms with Gasteiger partial charge in [-0.2, -0.15) is 0 Å². The maximum atomic E-state index is 13.5. The van der Waals surface area contributed by atoms with Crippen molar-refractivity contribution < 1.29 is 19.1 Å². The van der Waals surface area contributed by atoms with E-state index in [1.807, 2.05) is 6.92 Å². The molecule has 0 saturated carbocycles. The fourth-order valence-corrected chi connectivity index (χ4v) is 2.99. The van der Waals surface area contributed by atoms with Crippen molar-refractivity contribution in [1.82, 2.24) is 4.90 Å². The molecule has 0 aliphatic carbocycles. The molecule has 1 unspecified atom stereocenters. The lowest BCUT2D eigenvalue weighted by Gasteiger charge is -2.34. The van der Waals surface area contributed by atoms with Crippen LogP contribution >= 0.6 is 0 Å². The molecule has 114 valence electrons. The van der Waals surface area contributed by atoms with Gasteiger partial charge in [0, 0.05) is 12.1 Å². The summed E-state index contributed by atoms with van der Waals surface area (Å²) in [4.78, 5) is 25.6. The number of benzene rings is 1. The van der Waals surface area contributed by atoms with Gasteiger partial charge in [0.15, 0.2) is 0 Å². The van der Waals surface area contributed by atoms with Crippen LogP contribution in [0.1, 0.15) is 43.0 Å². The molecule has 0 aromatic heterocycles. The van der Waals surface area contributed by atoms with Gasteiger partial charge in [-0.1, -0.05) is 13.3 Å². The van der Waals surface area contributed by atoms with Gasteiger partial charge in [0.2, 0.25) is 0 Å². The lowest BCUT2D eigenvalue weighted by atomic mass is 9.90. The second-order valence-electron chi connectivity index (χ2n) is 5.38. The molecule has 0 spiro atoms. The average Bonchev–Trinajstić information content (AvgIpc) is 2.86. The molecule has 5 nitrogen and oxygen atoms in total. The van der Waals surface area contributed by atoms with Crippen molar-refractivity contribution in [2.45, 2.75) is 38.1 Å². The van der Waals surface area contributed by atoms with Gasteiger partial charge in [-0.25, -0.2) is 9.18 Å². The van der Waals surface area contributed by atoms with Gasteiger partial charge < -0.3 is 15.7 Å². The fourth-order valence-electron chi connectivity index (χ4n) is 2.99. The first-order valence-corrected chi connectivity index (χ1v) is 7.03. The third-order valence-corrected chi connectivity index (χ3v) is 4.04. The summed E-state index contributed by atoms with van der Waals surface area (Å²) in [6.07, 6.45) is 2.12. The molecule has 0 bridgehead atoms. The van der Waals surface area contributed by atoms with Crippen LogP contribution in [-0.2, 0) is 4.79 Å². The Hall–Kier alpha value is -2.11. The summed E-state index contributed by atoms with van der Waals surface area (Å²) in [6, 6.07) is 3.81. The Bertz CT molecular complexity index is 576. The molecule has 0 radical (unpaired) electrons. The van der Waals surface area contributed by atoms with Crippen molar-refractivity contribution in [3.8, 4) is 0 Å². The Morgan fingerprint density at radius 1 is 1.48 bits per heavy atom. The van der Waals surface area contributed by atoms with E-state index < -0.39 is 23.2 Å². The van der Waals surface area contributed by atoms with Gasteiger partial charge in [-0.3, -0.25) is 4.79 Å². The number of aliphatic carboxylic acids is 1. The number of amides is 1. The number of nitrogen functional groups attached to an aromatic ring is 1. The summed E-state index contributed by atoms with van der Waals surface area (Å²) in [5.74, 6) is -2.12. The highest BCUT2D eigenvalue weighted by atomic mass is 19.1. The van der Waals surface area contributed by atoms with E-state index in [9.17, 15) is 19.1 Å². The van der Waals surface area contributed by atoms with Crippen LogP contribution in [0, 0.1) is 5.82 Å². The van der Waals surface area contributed by atoms with Gasteiger partial charge in [0.1, 0.15) is 11.4 Å². The van der Waals surface area contributed by atoms with Crippen LogP contribution in [0.3, 0.4) is 0 Å². The van der Waals surface area contributed by atoms with Crippen LogP contribution in [-0.4, -0.2) is 34.0 Å². The number of halogens is 1. The maximum Gasteiger partial charge on any atom is 0.329 e. The van der Waals surface area contributed by atoms with Gasteiger partial charge >= 0.3 is 5.97 Å². The highest BCUT2D eigenvalue weighted by Crippen LogP contribution is 2.35. The molecular formula is C15H19FN2O3. The number of likely N-dealkylation sites (tertiary alicyclic amines) is 1. The number of nitrogens with zero attached hydrogens (tertiary/aromatic N) is 1. The lowest BCUT2D eigenvalue weighted by Crippen LogP contribution is -2.53. The summed E-state index contributed by atoms with van der Waals surface area (Å²) in [5.41, 5.74) is 4.31. The van der Waals surface area contributed by atoms with E-state index in [2.05, 4.69) is 0 Å². The predicted molar refractivity (Wildman–Crippen MR) is 76.4 cm³/mol. The van der Waals surface area contributed by atoms with Crippen molar-refractivity contribution >= 4 is 17.6 Å². The molecule has 1 aromatic carbocycles. The Labute approximate surface area is 122 Å². The molecule has 3 N–H and O–H groups in total. The number of hydrogen-bond acceptors (Lipinski definition) is 3. The highest BCUT2D eigenvalue weighted by molar-refractivity contribution is 5.98. The van der Waals surface area contributed by atoms with Crippen molar-refractivity contribution in [2.75, 3.05) is 12.3 Å². The molecule has 1 heterocycles. The van der Waals surface area contributed by atoms with Crippen LogP contribution in [0.25, 0.3) is 0 Å². The number of nitrogens with two attached hydrogens (primary N) is 1. The SMILES string of the molecule is CCCC1(C(=O)O)CCCN1C(=O)c1ccc(N)c(F)c1. The maximum absolute atomic E-state index is 13.5. The first-order valence-electron chi connectivity index (χ1n) is 7.03. The Balaban J connectivity index is 2.36. The first kappa shape index (κ1) is 15.3. The van der Waals surface area contributed by atoms with Gasteiger partial charge in [0.25, 0.3) is 5.91 Å². The molecule has 1 saturated heterocycles. The molecule has 1 aliphatic heterocycles. The molecule has 1 aromatic rings. The van der Waals surface area contributed by atoms with Crippen LogP contribution < -0.4 is 5.73 Å². The minimum absolute atomic E-state index is 0.0361. The van der Waals surface area contributed by atoms with E-state index in [-0.39, 0.29) is 11.3 Å². The highest BCUT2D eigenvalue weighted by Gasteiger charge is 2.49. The normalized spacial score (nSPS) is 21.5. The fraction of sp³-hybridized carbons (Fsp3) is 0.467. The lowest BCUT2D eigenvalue weighted by molar-refractivity contribution is -0.148. The Morgan fingerprint density at radius 3 is 2.76 bits per heavy atom. The predicted octanol–water partition coefficient (Wildman–Crippen LogP) is 2.27. The summed E-state index contributed by atoms with van der Waals surface area (Å²) >= 11 is 0. The van der Waals surface area contributed by atoms with E-state index in [4.69, 9.17) is 5.73 Å². The summed E-state index contributed by atoms with van der Waals surface area (Å²) in [6.45, 7) is 2.26. The van der Waals surface area contributed by atoms with Gasteiger partial charge in [0.05, 0.1) is 5.69 Å². The molecule has 1 aliphatic rings. The van der Waals surface area contributed by atoms with Crippen molar-refractivity contribution in [3.05, 3.63) is 29.6 Å². The minimum atomic E-state index is -1.18. The molecular weight excluding hydrogens is 275 g/mol. The molecule has 1 fully saturated rings. The third-order valence-electron chi connectivity index (χ3n) is 4.04. The summed E-state index contributed by atoms with van der Waals surface area (Å²) in [7, 11) is 0. The number of carbonyl (C=O) groups excluding carboxylic acids is 1. The van der Waals surface area contributed by atoms with E-state index >= 15 is 0 Å². The average molecular weight is 294 g/mol. The second-order valence-corrected chi connectivity index (χ2v) is 5.38. The second kappa shape index (κ2) is 5.71. The van der Waals surface area contributed by atoms with Crippen molar-refractivity contribution in [1.29, 1.82) is 0 Å². The van der Waals surface area contributed by atoms with Crippen LogP contribution in [0.15, 0.2) is 18.2 Å². The zero-order valence-electron chi connectivity index (χ0n) is 11.9. The zero-order valence-corrected chi connectivity index (χ0v) is 11.9. The van der Waals surface area contributed by atoms with Crippen molar-refractivity contribution in [2.24, 2.45) is 0 Å². The quantitative estimate of drug-likeness (QED) is 0.834. The van der Waals surface area contributed by atoms with Gasteiger partial charge in [-0.15, -0.1) is 0 Å². The number of anilines is 1. The van der Waals surface area contributed by atoms with Crippen molar-refractivity contribution in [3.63, 3.8) is 0 Å². The van der Waals surface area contributed by atoms with Crippen LogP contribution in [0.4, 0.5) is 10.1 Å².